The van der Waals surface area contributed by atoms with Crippen LogP contribution in [-0.2, 0) is 0 Å². The number of halogens is 1. The van der Waals surface area contributed by atoms with Gasteiger partial charge in [-0.1, -0.05) is 15.9 Å². The minimum absolute atomic E-state index is 0.323. The number of nitrogens with one attached hydrogen (secondary N) is 3. The van der Waals surface area contributed by atoms with Crippen molar-refractivity contribution in [3.8, 4) is 0 Å². The summed E-state index contributed by atoms with van der Waals surface area (Å²) in [5.74, 6) is -0.323. The molecule has 110 valence electrons. The van der Waals surface area contributed by atoms with Gasteiger partial charge in [-0.2, -0.15) is 0 Å². The Bertz CT molecular complexity index is 667. The number of carbonyl (C=O) groups is 2. The molecule has 0 radical (unpaired) electrons. The maximum atomic E-state index is 11.9. The van der Waals surface area contributed by atoms with Gasteiger partial charge in [-0.3, -0.25) is 10.2 Å². The van der Waals surface area contributed by atoms with Gasteiger partial charge in [0, 0.05) is 10.2 Å². The molecule has 0 saturated carbocycles. The van der Waals surface area contributed by atoms with Crippen molar-refractivity contribution < 1.29 is 9.59 Å². The van der Waals surface area contributed by atoms with Crippen LogP contribution in [0.4, 0.5) is 10.5 Å². The molecule has 0 aliphatic heterocycles. The van der Waals surface area contributed by atoms with Crippen LogP contribution in [-0.4, -0.2) is 11.9 Å². The van der Waals surface area contributed by atoms with Crippen molar-refractivity contribution in [1.29, 1.82) is 0 Å². The lowest BCUT2D eigenvalue weighted by atomic mass is 10.2. The van der Waals surface area contributed by atoms with E-state index in [9.17, 15) is 9.59 Å². The third-order valence-electron chi connectivity index (χ3n) is 2.88. The van der Waals surface area contributed by atoms with E-state index in [1.165, 1.54) is 11.3 Å². The Morgan fingerprint density at radius 3 is 2.33 bits per heavy atom. The number of aryl methyl sites for hydroxylation is 1. The molecule has 0 aliphatic carbocycles. The molecule has 1 aromatic carbocycles. The van der Waals surface area contributed by atoms with E-state index in [-0.39, 0.29) is 5.91 Å². The van der Waals surface area contributed by atoms with E-state index in [1.807, 2.05) is 31.4 Å². The van der Waals surface area contributed by atoms with Gasteiger partial charge in [0.1, 0.15) is 0 Å². The molecule has 3 N–H and O–H groups in total. The molecule has 0 spiro atoms. The van der Waals surface area contributed by atoms with Gasteiger partial charge in [0.15, 0.2) is 0 Å². The monoisotopic (exact) mass is 367 g/mol. The summed E-state index contributed by atoms with van der Waals surface area (Å²) in [4.78, 5) is 24.2. The van der Waals surface area contributed by atoms with Gasteiger partial charge in [-0.25, -0.2) is 10.2 Å². The molecule has 0 fully saturated rings. The number of amides is 3. The number of urea groups is 1. The zero-order chi connectivity index (χ0) is 15.4. The number of thiophene rings is 1. The van der Waals surface area contributed by atoms with Crippen molar-refractivity contribution in [3.63, 3.8) is 0 Å². The van der Waals surface area contributed by atoms with Crippen LogP contribution in [0, 0.1) is 13.8 Å². The molecule has 21 heavy (non-hydrogen) atoms. The summed E-state index contributed by atoms with van der Waals surface area (Å²) in [7, 11) is 0. The lowest BCUT2D eigenvalue weighted by Gasteiger charge is -2.09. The summed E-state index contributed by atoms with van der Waals surface area (Å²) in [6.45, 7) is 3.82. The second-order valence-electron chi connectivity index (χ2n) is 4.41. The molecule has 0 aliphatic rings. The highest BCUT2D eigenvalue weighted by molar-refractivity contribution is 9.10. The highest BCUT2D eigenvalue weighted by Crippen LogP contribution is 2.20. The number of anilines is 1. The number of hydrazine groups is 1. The molecular weight excluding hydrogens is 354 g/mol. The summed E-state index contributed by atoms with van der Waals surface area (Å²) in [6.07, 6.45) is 0. The Morgan fingerprint density at radius 2 is 1.76 bits per heavy atom. The maximum absolute atomic E-state index is 11.9. The predicted molar refractivity (Wildman–Crippen MR) is 87.6 cm³/mol. The van der Waals surface area contributed by atoms with E-state index in [4.69, 9.17) is 0 Å². The third kappa shape index (κ3) is 4.05. The van der Waals surface area contributed by atoms with Gasteiger partial charge in [0.05, 0.1) is 4.88 Å². The highest BCUT2D eigenvalue weighted by atomic mass is 79.9. The Labute approximate surface area is 134 Å². The van der Waals surface area contributed by atoms with Gasteiger partial charge in [-0.05, 0) is 54.6 Å². The first-order valence-corrected chi connectivity index (χ1v) is 7.82. The van der Waals surface area contributed by atoms with Gasteiger partial charge in [0.25, 0.3) is 5.91 Å². The first kappa shape index (κ1) is 15.5. The normalized spacial score (nSPS) is 10.0. The topological polar surface area (TPSA) is 70.2 Å². The van der Waals surface area contributed by atoms with Crippen molar-refractivity contribution in [2.75, 3.05) is 5.32 Å². The minimum Gasteiger partial charge on any atom is -0.307 e. The number of carbonyl (C=O) groups excluding carboxylic acids is 2. The molecule has 1 heterocycles. The number of hydrogen-bond donors (Lipinski definition) is 3. The summed E-state index contributed by atoms with van der Waals surface area (Å²) in [5.41, 5.74) is 7.33. The van der Waals surface area contributed by atoms with E-state index in [0.717, 1.165) is 15.6 Å². The molecule has 3 amide bonds. The Kier molecular flexibility index (Phi) is 4.98. The first-order chi connectivity index (χ1) is 9.97. The molecule has 0 atom stereocenters. The van der Waals surface area contributed by atoms with Crippen LogP contribution in [0.3, 0.4) is 0 Å². The first-order valence-electron chi connectivity index (χ1n) is 6.15. The zero-order valence-corrected chi connectivity index (χ0v) is 13.9. The van der Waals surface area contributed by atoms with Crippen LogP contribution >= 0.6 is 27.3 Å². The average molecular weight is 368 g/mol. The van der Waals surface area contributed by atoms with Crippen molar-refractivity contribution in [2.45, 2.75) is 13.8 Å². The van der Waals surface area contributed by atoms with Crippen molar-refractivity contribution in [2.24, 2.45) is 0 Å². The van der Waals surface area contributed by atoms with Crippen LogP contribution in [0.5, 0.6) is 0 Å². The van der Waals surface area contributed by atoms with Crippen LogP contribution in [0.1, 0.15) is 20.8 Å². The van der Waals surface area contributed by atoms with Crippen LogP contribution in [0.25, 0.3) is 0 Å². The Morgan fingerprint density at radius 1 is 1.10 bits per heavy atom. The highest BCUT2D eigenvalue weighted by Gasteiger charge is 2.13. The third-order valence-corrected chi connectivity index (χ3v) is 4.61. The van der Waals surface area contributed by atoms with Crippen molar-refractivity contribution >= 4 is 44.9 Å². The standard InChI is InChI=1S/C14H14BrN3O2S/c1-8-7-21-12(9(8)2)13(19)17-18-14(20)16-11-5-3-10(15)4-6-11/h3-7H,1-2H3,(H,17,19)(H2,16,18,20). The quantitative estimate of drug-likeness (QED) is 0.709. The van der Waals surface area contributed by atoms with Gasteiger partial charge >= 0.3 is 6.03 Å². The van der Waals surface area contributed by atoms with Crippen LogP contribution < -0.4 is 16.2 Å². The summed E-state index contributed by atoms with van der Waals surface area (Å²) in [5, 5.41) is 4.52. The van der Waals surface area contributed by atoms with E-state index < -0.39 is 6.03 Å². The smallest absolute Gasteiger partial charge is 0.307 e. The molecule has 2 rings (SSSR count). The van der Waals surface area contributed by atoms with Gasteiger partial charge in [-0.15, -0.1) is 11.3 Å². The minimum atomic E-state index is -0.503. The second-order valence-corrected chi connectivity index (χ2v) is 6.21. The lowest BCUT2D eigenvalue weighted by molar-refractivity contribution is 0.0941. The molecule has 5 nitrogen and oxygen atoms in total. The van der Waals surface area contributed by atoms with E-state index in [2.05, 4.69) is 32.1 Å². The van der Waals surface area contributed by atoms with E-state index in [0.29, 0.717) is 10.6 Å². The lowest BCUT2D eigenvalue weighted by Crippen LogP contribution is -2.43. The van der Waals surface area contributed by atoms with Crippen molar-refractivity contribution in [3.05, 3.63) is 50.1 Å². The predicted octanol–water partition coefficient (Wildman–Crippen LogP) is 3.59. The number of rotatable bonds is 2. The van der Waals surface area contributed by atoms with Crippen LogP contribution in [0.2, 0.25) is 0 Å². The molecule has 0 unspecified atom stereocenters. The Hall–Kier alpha value is -1.86. The maximum Gasteiger partial charge on any atom is 0.337 e. The fourth-order valence-corrected chi connectivity index (χ4v) is 2.82. The number of hydrogen-bond acceptors (Lipinski definition) is 3. The largest absolute Gasteiger partial charge is 0.337 e. The average Bonchev–Trinajstić information content (AvgIpc) is 2.79. The van der Waals surface area contributed by atoms with Gasteiger partial charge < -0.3 is 5.32 Å². The molecule has 2 aromatic rings. The molecule has 0 saturated heterocycles. The van der Waals surface area contributed by atoms with E-state index >= 15 is 0 Å². The number of benzene rings is 1. The zero-order valence-electron chi connectivity index (χ0n) is 11.5. The molecule has 7 heteroatoms. The fraction of sp³-hybridized carbons (Fsp3) is 0.143. The summed E-state index contributed by atoms with van der Waals surface area (Å²) >= 11 is 4.66. The fourth-order valence-electron chi connectivity index (χ4n) is 1.59. The summed E-state index contributed by atoms with van der Waals surface area (Å²) < 4.78 is 0.922. The Balaban J connectivity index is 1.88. The van der Waals surface area contributed by atoms with Gasteiger partial charge in [0.2, 0.25) is 0 Å². The molecular formula is C14H14BrN3O2S. The van der Waals surface area contributed by atoms with Crippen molar-refractivity contribution in [1.82, 2.24) is 10.9 Å². The summed E-state index contributed by atoms with van der Waals surface area (Å²) in [6, 6.07) is 6.62. The SMILES string of the molecule is Cc1csc(C(=O)NNC(=O)Nc2ccc(Br)cc2)c1C. The van der Waals surface area contributed by atoms with E-state index in [1.54, 1.807) is 12.1 Å². The molecule has 1 aromatic heterocycles. The second kappa shape index (κ2) is 6.73. The van der Waals surface area contributed by atoms with Crippen LogP contribution in [0.15, 0.2) is 34.1 Å². The molecule has 0 bridgehead atoms.